The minimum atomic E-state index is -0.387. The molecule has 0 amide bonds. The Morgan fingerprint density at radius 3 is 2.60 bits per heavy atom. The van der Waals surface area contributed by atoms with Crippen LogP contribution in [0.3, 0.4) is 0 Å². The number of benzene rings is 2. The van der Waals surface area contributed by atoms with Gasteiger partial charge < -0.3 is 10.2 Å². The van der Waals surface area contributed by atoms with Gasteiger partial charge in [0, 0.05) is 5.39 Å². The van der Waals surface area contributed by atoms with E-state index < -0.39 is 0 Å². The molecule has 1 unspecified atom stereocenters. The largest absolute Gasteiger partial charge is 0.459 e. The summed E-state index contributed by atoms with van der Waals surface area (Å²) in [5.41, 5.74) is 9.65. The van der Waals surface area contributed by atoms with Gasteiger partial charge in [0.15, 0.2) is 0 Å². The topological polar surface area (TPSA) is 39.2 Å². The second-order valence-corrected chi connectivity index (χ2v) is 5.18. The third-order valence-electron chi connectivity index (χ3n) is 3.54. The van der Waals surface area contributed by atoms with Gasteiger partial charge in [-0.05, 0) is 49.2 Å². The van der Waals surface area contributed by atoms with E-state index in [0.717, 1.165) is 16.5 Å². The highest BCUT2D eigenvalue weighted by molar-refractivity contribution is 5.78. The molecule has 0 aliphatic heterocycles. The molecule has 3 heteroatoms. The van der Waals surface area contributed by atoms with E-state index in [4.69, 9.17) is 10.2 Å². The SMILES string of the molecule is Cc1ccc2oc(C(N)c3ccc(F)c(C)c3)cc2c1. The van der Waals surface area contributed by atoms with E-state index >= 15 is 0 Å². The van der Waals surface area contributed by atoms with Gasteiger partial charge >= 0.3 is 0 Å². The first-order chi connectivity index (χ1) is 9.54. The summed E-state index contributed by atoms with van der Waals surface area (Å²) >= 11 is 0. The summed E-state index contributed by atoms with van der Waals surface area (Å²) in [6.07, 6.45) is 0. The molecule has 1 aromatic heterocycles. The highest BCUT2D eigenvalue weighted by atomic mass is 19.1. The van der Waals surface area contributed by atoms with Crippen molar-refractivity contribution in [1.29, 1.82) is 0 Å². The number of fused-ring (bicyclic) bond motifs is 1. The maximum atomic E-state index is 13.3. The van der Waals surface area contributed by atoms with Crippen LogP contribution in [-0.4, -0.2) is 0 Å². The number of aryl methyl sites for hydroxylation is 2. The molecule has 1 atom stereocenters. The first-order valence-corrected chi connectivity index (χ1v) is 6.56. The summed E-state index contributed by atoms with van der Waals surface area (Å²) in [6.45, 7) is 3.77. The summed E-state index contributed by atoms with van der Waals surface area (Å²) in [5, 5.41) is 1.04. The Morgan fingerprint density at radius 1 is 1.05 bits per heavy atom. The quantitative estimate of drug-likeness (QED) is 0.756. The number of furan rings is 1. The molecule has 0 aliphatic carbocycles. The molecule has 3 aromatic rings. The van der Waals surface area contributed by atoms with Crippen molar-refractivity contribution in [3.63, 3.8) is 0 Å². The van der Waals surface area contributed by atoms with Crippen molar-refractivity contribution < 1.29 is 8.81 Å². The van der Waals surface area contributed by atoms with Gasteiger partial charge in [-0.15, -0.1) is 0 Å². The second-order valence-electron chi connectivity index (χ2n) is 5.18. The van der Waals surface area contributed by atoms with Crippen molar-refractivity contribution in [3.05, 3.63) is 70.7 Å². The van der Waals surface area contributed by atoms with E-state index in [1.807, 2.05) is 25.1 Å². The summed E-state index contributed by atoms with van der Waals surface area (Å²) in [4.78, 5) is 0. The molecule has 0 saturated heterocycles. The lowest BCUT2D eigenvalue weighted by molar-refractivity contribution is 0.524. The zero-order valence-electron chi connectivity index (χ0n) is 11.5. The lowest BCUT2D eigenvalue weighted by Crippen LogP contribution is -2.11. The van der Waals surface area contributed by atoms with Gasteiger partial charge in [-0.25, -0.2) is 4.39 Å². The fourth-order valence-corrected chi connectivity index (χ4v) is 2.36. The van der Waals surface area contributed by atoms with Crippen LogP contribution in [0, 0.1) is 19.7 Å². The van der Waals surface area contributed by atoms with Crippen LogP contribution in [-0.2, 0) is 0 Å². The average Bonchev–Trinajstić information content (AvgIpc) is 2.84. The third kappa shape index (κ3) is 2.21. The van der Waals surface area contributed by atoms with E-state index in [1.54, 1.807) is 19.1 Å². The number of halogens is 1. The Bertz CT molecular complexity index is 776. The van der Waals surface area contributed by atoms with E-state index in [0.29, 0.717) is 11.3 Å². The maximum Gasteiger partial charge on any atom is 0.134 e. The van der Waals surface area contributed by atoms with Crippen LogP contribution in [0.1, 0.15) is 28.5 Å². The van der Waals surface area contributed by atoms with Gasteiger partial charge in [0.05, 0.1) is 6.04 Å². The van der Waals surface area contributed by atoms with Crippen molar-refractivity contribution in [3.8, 4) is 0 Å². The second kappa shape index (κ2) is 4.76. The average molecular weight is 269 g/mol. The standard InChI is InChI=1S/C17H16FNO/c1-10-3-6-15-13(7-10)9-16(20-15)17(19)12-4-5-14(18)11(2)8-12/h3-9,17H,19H2,1-2H3. The van der Waals surface area contributed by atoms with Crippen LogP contribution < -0.4 is 5.73 Å². The summed E-state index contributed by atoms with van der Waals surface area (Å²) in [6, 6.07) is 12.5. The molecule has 0 spiro atoms. The minimum absolute atomic E-state index is 0.221. The van der Waals surface area contributed by atoms with E-state index in [2.05, 4.69) is 6.07 Å². The highest BCUT2D eigenvalue weighted by Crippen LogP contribution is 2.28. The molecule has 1 heterocycles. The van der Waals surface area contributed by atoms with Crippen LogP contribution in [0.2, 0.25) is 0 Å². The van der Waals surface area contributed by atoms with Crippen molar-refractivity contribution in [2.45, 2.75) is 19.9 Å². The molecule has 0 radical (unpaired) electrons. The Hall–Kier alpha value is -2.13. The lowest BCUT2D eigenvalue weighted by Gasteiger charge is -2.10. The molecule has 3 rings (SSSR count). The summed E-state index contributed by atoms with van der Waals surface area (Å²) in [5.74, 6) is 0.470. The van der Waals surface area contributed by atoms with Crippen LogP contribution in [0.25, 0.3) is 11.0 Å². The first kappa shape index (κ1) is 12.9. The predicted molar refractivity (Wildman–Crippen MR) is 78.1 cm³/mol. The third-order valence-corrected chi connectivity index (χ3v) is 3.54. The number of rotatable bonds is 2. The van der Waals surface area contributed by atoms with Crippen molar-refractivity contribution in [2.24, 2.45) is 5.73 Å². The number of nitrogens with two attached hydrogens (primary N) is 1. The molecule has 0 saturated carbocycles. The van der Waals surface area contributed by atoms with Gasteiger partial charge in [-0.3, -0.25) is 0 Å². The smallest absolute Gasteiger partial charge is 0.134 e. The zero-order valence-corrected chi connectivity index (χ0v) is 11.5. The van der Waals surface area contributed by atoms with Gasteiger partial charge in [0.1, 0.15) is 17.2 Å². The number of hydrogen-bond donors (Lipinski definition) is 1. The van der Waals surface area contributed by atoms with Gasteiger partial charge in [0.25, 0.3) is 0 Å². The molecule has 2 N–H and O–H groups in total. The molecule has 0 bridgehead atoms. The van der Waals surface area contributed by atoms with Crippen molar-refractivity contribution >= 4 is 11.0 Å². The fourth-order valence-electron chi connectivity index (χ4n) is 2.36. The van der Waals surface area contributed by atoms with Crippen molar-refractivity contribution in [2.75, 3.05) is 0 Å². The monoisotopic (exact) mass is 269 g/mol. The van der Waals surface area contributed by atoms with Crippen LogP contribution in [0.5, 0.6) is 0 Å². The fraction of sp³-hybridized carbons (Fsp3) is 0.176. The van der Waals surface area contributed by atoms with Crippen LogP contribution in [0.4, 0.5) is 4.39 Å². The molecule has 2 aromatic carbocycles. The predicted octanol–water partition coefficient (Wildman–Crippen LogP) is 4.24. The van der Waals surface area contributed by atoms with Crippen LogP contribution in [0.15, 0.2) is 46.9 Å². The van der Waals surface area contributed by atoms with Crippen LogP contribution >= 0.6 is 0 Å². The molecule has 0 aliphatic rings. The zero-order chi connectivity index (χ0) is 14.3. The molecular weight excluding hydrogens is 253 g/mol. The summed E-state index contributed by atoms with van der Waals surface area (Å²) in [7, 11) is 0. The lowest BCUT2D eigenvalue weighted by atomic mass is 10.0. The number of hydrogen-bond acceptors (Lipinski definition) is 2. The molecule has 0 fully saturated rings. The van der Waals surface area contributed by atoms with E-state index in [-0.39, 0.29) is 11.9 Å². The molecular formula is C17H16FNO. The molecule has 20 heavy (non-hydrogen) atoms. The Balaban J connectivity index is 2.02. The van der Waals surface area contributed by atoms with E-state index in [9.17, 15) is 4.39 Å². The van der Waals surface area contributed by atoms with E-state index in [1.165, 1.54) is 11.6 Å². The maximum absolute atomic E-state index is 13.3. The minimum Gasteiger partial charge on any atom is -0.459 e. The summed E-state index contributed by atoms with van der Waals surface area (Å²) < 4.78 is 19.1. The van der Waals surface area contributed by atoms with Gasteiger partial charge in [0.2, 0.25) is 0 Å². The molecule has 102 valence electrons. The van der Waals surface area contributed by atoms with Gasteiger partial charge in [-0.2, -0.15) is 0 Å². The Morgan fingerprint density at radius 2 is 1.85 bits per heavy atom. The van der Waals surface area contributed by atoms with Crippen molar-refractivity contribution in [1.82, 2.24) is 0 Å². The Kier molecular flexibility index (Phi) is 3.07. The first-order valence-electron chi connectivity index (χ1n) is 6.56. The normalized spacial score (nSPS) is 12.8. The molecule has 2 nitrogen and oxygen atoms in total. The highest BCUT2D eigenvalue weighted by Gasteiger charge is 2.15. The Labute approximate surface area is 117 Å². The van der Waals surface area contributed by atoms with Gasteiger partial charge in [-0.1, -0.05) is 23.8 Å².